The molecule has 106 valence electrons. The lowest BCUT2D eigenvalue weighted by Crippen LogP contribution is -2.35. The number of hydrogen-bond donors (Lipinski definition) is 2. The van der Waals surface area contributed by atoms with Crippen LogP contribution in [0.1, 0.15) is 31.4 Å². The van der Waals surface area contributed by atoms with Crippen LogP contribution in [-0.2, 0) is 4.79 Å². The number of carbonyl (C=O) groups is 1. The summed E-state index contributed by atoms with van der Waals surface area (Å²) in [6.07, 6.45) is 0.906. The van der Waals surface area contributed by atoms with E-state index in [-0.39, 0.29) is 42.6 Å². The zero-order valence-corrected chi connectivity index (χ0v) is 11.5. The molecular formula is C13H18ClFN2O2. The predicted octanol–water partition coefficient (Wildman–Crippen LogP) is 1.92. The van der Waals surface area contributed by atoms with Gasteiger partial charge in [0.1, 0.15) is 11.6 Å². The Bertz CT molecular complexity index is 454. The van der Waals surface area contributed by atoms with Gasteiger partial charge in [0.15, 0.2) is 0 Å². The summed E-state index contributed by atoms with van der Waals surface area (Å²) in [5.74, 6) is 0.187. The van der Waals surface area contributed by atoms with Crippen molar-refractivity contribution in [2.24, 2.45) is 5.73 Å². The van der Waals surface area contributed by atoms with Gasteiger partial charge >= 0.3 is 0 Å². The van der Waals surface area contributed by atoms with Crippen molar-refractivity contribution in [1.29, 1.82) is 0 Å². The second-order valence-electron chi connectivity index (χ2n) is 4.62. The minimum absolute atomic E-state index is 0. The van der Waals surface area contributed by atoms with Crippen molar-refractivity contribution in [3.63, 3.8) is 0 Å². The van der Waals surface area contributed by atoms with Crippen molar-refractivity contribution in [3.8, 4) is 5.75 Å². The number of fused-ring (bicyclic) bond motifs is 1. The lowest BCUT2D eigenvalue weighted by atomic mass is 10.00. The highest BCUT2D eigenvalue weighted by Crippen LogP contribution is 2.32. The molecule has 4 nitrogen and oxygen atoms in total. The van der Waals surface area contributed by atoms with Crippen molar-refractivity contribution < 1.29 is 13.9 Å². The van der Waals surface area contributed by atoms with Crippen molar-refractivity contribution in [1.82, 2.24) is 5.32 Å². The SMILES string of the molecule is CC(N)CC(=O)NC1CCOc2ccc(F)cc21.Cl. The highest BCUT2D eigenvalue weighted by atomic mass is 35.5. The van der Waals surface area contributed by atoms with Crippen molar-refractivity contribution in [2.45, 2.75) is 31.8 Å². The summed E-state index contributed by atoms with van der Waals surface area (Å²) in [6.45, 7) is 2.29. The first-order valence-corrected chi connectivity index (χ1v) is 6.03. The van der Waals surface area contributed by atoms with Gasteiger partial charge in [-0.2, -0.15) is 0 Å². The number of halogens is 2. The highest BCUT2D eigenvalue weighted by Gasteiger charge is 2.23. The summed E-state index contributed by atoms with van der Waals surface area (Å²) in [6, 6.07) is 3.97. The zero-order valence-electron chi connectivity index (χ0n) is 10.7. The molecule has 1 aliphatic heterocycles. The monoisotopic (exact) mass is 288 g/mol. The maximum Gasteiger partial charge on any atom is 0.222 e. The molecule has 0 bridgehead atoms. The molecule has 0 aliphatic carbocycles. The van der Waals surface area contributed by atoms with Gasteiger partial charge in [-0.3, -0.25) is 4.79 Å². The maximum atomic E-state index is 13.2. The van der Waals surface area contributed by atoms with Gasteiger partial charge in [-0.25, -0.2) is 4.39 Å². The fraction of sp³-hybridized carbons (Fsp3) is 0.462. The molecule has 0 fully saturated rings. The van der Waals surface area contributed by atoms with E-state index in [0.717, 1.165) is 0 Å². The van der Waals surface area contributed by atoms with Crippen molar-refractivity contribution in [2.75, 3.05) is 6.61 Å². The summed E-state index contributed by atoms with van der Waals surface area (Å²) < 4.78 is 18.7. The van der Waals surface area contributed by atoms with E-state index in [1.807, 2.05) is 0 Å². The predicted molar refractivity (Wildman–Crippen MR) is 72.9 cm³/mol. The van der Waals surface area contributed by atoms with Crippen LogP contribution in [0.25, 0.3) is 0 Å². The molecule has 1 aliphatic rings. The Morgan fingerprint density at radius 3 is 3.05 bits per heavy atom. The van der Waals surface area contributed by atoms with Gasteiger partial charge in [-0.15, -0.1) is 12.4 Å². The minimum Gasteiger partial charge on any atom is -0.493 e. The average Bonchev–Trinajstić information content (AvgIpc) is 2.28. The Balaban J connectivity index is 0.00000180. The van der Waals surface area contributed by atoms with Crippen LogP contribution in [0.3, 0.4) is 0 Å². The summed E-state index contributed by atoms with van der Waals surface area (Å²) in [5.41, 5.74) is 6.27. The Kier molecular flexibility index (Phi) is 5.57. The van der Waals surface area contributed by atoms with Crippen LogP contribution in [0.2, 0.25) is 0 Å². The van der Waals surface area contributed by atoms with Crippen molar-refractivity contribution >= 4 is 18.3 Å². The molecule has 0 radical (unpaired) electrons. The van der Waals surface area contributed by atoms with Gasteiger partial charge in [0.25, 0.3) is 0 Å². The van der Waals surface area contributed by atoms with Gasteiger partial charge in [-0.1, -0.05) is 0 Å². The van der Waals surface area contributed by atoms with Crippen LogP contribution in [0.15, 0.2) is 18.2 Å². The summed E-state index contributed by atoms with van der Waals surface area (Å²) >= 11 is 0. The molecule has 1 heterocycles. The van der Waals surface area contributed by atoms with Gasteiger partial charge in [0, 0.05) is 24.4 Å². The third kappa shape index (κ3) is 4.08. The van der Waals surface area contributed by atoms with E-state index in [9.17, 15) is 9.18 Å². The van der Waals surface area contributed by atoms with E-state index in [4.69, 9.17) is 10.5 Å². The van der Waals surface area contributed by atoms with E-state index in [2.05, 4.69) is 5.32 Å². The zero-order chi connectivity index (χ0) is 13.1. The number of ether oxygens (including phenoxy) is 1. The second-order valence-corrected chi connectivity index (χ2v) is 4.62. The molecule has 1 amide bonds. The second kappa shape index (κ2) is 6.73. The fourth-order valence-corrected chi connectivity index (χ4v) is 2.06. The Labute approximate surface area is 117 Å². The van der Waals surface area contributed by atoms with E-state index in [1.54, 1.807) is 13.0 Å². The first kappa shape index (κ1) is 15.7. The van der Waals surface area contributed by atoms with Crippen LogP contribution in [0, 0.1) is 5.82 Å². The molecule has 2 rings (SSSR count). The molecule has 0 saturated carbocycles. The topological polar surface area (TPSA) is 64.4 Å². The van der Waals surface area contributed by atoms with Gasteiger partial charge < -0.3 is 15.8 Å². The number of amides is 1. The van der Waals surface area contributed by atoms with Crippen LogP contribution in [0.4, 0.5) is 4.39 Å². The molecular weight excluding hydrogens is 271 g/mol. The molecule has 3 N–H and O–H groups in total. The van der Waals surface area contributed by atoms with E-state index in [1.165, 1.54) is 12.1 Å². The summed E-state index contributed by atoms with van der Waals surface area (Å²) in [4.78, 5) is 11.7. The van der Waals surface area contributed by atoms with E-state index in [0.29, 0.717) is 24.3 Å². The molecule has 0 saturated heterocycles. The van der Waals surface area contributed by atoms with E-state index < -0.39 is 0 Å². The smallest absolute Gasteiger partial charge is 0.222 e. The first-order valence-electron chi connectivity index (χ1n) is 6.03. The quantitative estimate of drug-likeness (QED) is 0.893. The molecule has 1 aromatic rings. The van der Waals surface area contributed by atoms with Crippen molar-refractivity contribution in [3.05, 3.63) is 29.6 Å². The van der Waals surface area contributed by atoms with Gasteiger partial charge in [0.2, 0.25) is 5.91 Å². The number of nitrogens with two attached hydrogens (primary N) is 1. The maximum absolute atomic E-state index is 13.2. The lowest BCUT2D eigenvalue weighted by molar-refractivity contribution is -0.122. The first-order chi connectivity index (χ1) is 8.56. The molecule has 0 spiro atoms. The number of nitrogens with one attached hydrogen (secondary N) is 1. The normalized spacial score (nSPS) is 18.6. The van der Waals surface area contributed by atoms with Crippen LogP contribution >= 0.6 is 12.4 Å². The Morgan fingerprint density at radius 2 is 2.37 bits per heavy atom. The standard InChI is InChI=1S/C13H17FN2O2.ClH/c1-8(15)6-13(17)16-11-4-5-18-12-3-2-9(14)7-10(11)12;/h2-3,7-8,11H,4-6,15H2,1H3,(H,16,17);1H. The molecule has 0 aromatic heterocycles. The molecule has 2 atom stereocenters. The number of benzene rings is 1. The summed E-state index contributed by atoms with van der Waals surface area (Å²) in [5, 5.41) is 2.87. The highest BCUT2D eigenvalue weighted by molar-refractivity contribution is 5.85. The molecule has 6 heteroatoms. The van der Waals surface area contributed by atoms with Crippen LogP contribution < -0.4 is 15.8 Å². The molecule has 19 heavy (non-hydrogen) atoms. The number of hydrogen-bond acceptors (Lipinski definition) is 3. The van der Waals surface area contributed by atoms with Crippen LogP contribution in [-0.4, -0.2) is 18.6 Å². The third-order valence-corrected chi connectivity index (χ3v) is 2.85. The minimum atomic E-state index is -0.328. The molecule has 2 unspecified atom stereocenters. The number of carbonyl (C=O) groups excluding carboxylic acids is 1. The van der Waals surface area contributed by atoms with Crippen LogP contribution in [0.5, 0.6) is 5.75 Å². The summed E-state index contributed by atoms with van der Waals surface area (Å²) in [7, 11) is 0. The molecule has 1 aromatic carbocycles. The average molecular weight is 289 g/mol. The Hall–Kier alpha value is -1.33. The van der Waals surface area contributed by atoms with Gasteiger partial charge in [0.05, 0.1) is 12.6 Å². The van der Waals surface area contributed by atoms with E-state index >= 15 is 0 Å². The fourth-order valence-electron chi connectivity index (χ4n) is 2.06. The third-order valence-electron chi connectivity index (χ3n) is 2.85. The van der Waals surface area contributed by atoms with Gasteiger partial charge in [-0.05, 0) is 25.1 Å². The Morgan fingerprint density at radius 1 is 1.63 bits per heavy atom. The number of rotatable bonds is 3. The largest absolute Gasteiger partial charge is 0.493 e. The lowest BCUT2D eigenvalue weighted by Gasteiger charge is -2.27.